The Morgan fingerprint density at radius 1 is 1.44 bits per heavy atom. The summed E-state index contributed by atoms with van der Waals surface area (Å²) in [4.78, 5) is 10.8. The minimum atomic E-state index is -3.88. The maximum absolute atomic E-state index is 11.9. The molecule has 1 aromatic rings. The van der Waals surface area contributed by atoms with Gasteiger partial charge < -0.3 is 5.11 Å². The Kier molecular flexibility index (Phi) is 4.89. The number of nitrogens with one attached hydrogen (secondary N) is 1. The van der Waals surface area contributed by atoms with Crippen LogP contribution in [0.3, 0.4) is 0 Å². The molecule has 1 unspecified atom stereocenters. The number of aliphatic carboxylic acids is 1. The SMILES string of the molecule is C=CCC(NS(=O)(=O)c1ccc(Cl)cc1)C(=O)O. The minimum Gasteiger partial charge on any atom is -0.480 e. The van der Waals surface area contributed by atoms with Gasteiger partial charge in [-0.2, -0.15) is 4.72 Å². The lowest BCUT2D eigenvalue weighted by Gasteiger charge is -2.12. The van der Waals surface area contributed by atoms with Crippen LogP contribution < -0.4 is 4.72 Å². The van der Waals surface area contributed by atoms with Crippen LogP contribution in [0.2, 0.25) is 5.02 Å². The first-order valence-corrected chi connectivity index (χ1v) is 6.84. The molecule has 0 aromatic heterocycles. The quantitative estimate of drug-likeness (QED) is 0.780. The Bertz CT molecular complexity index is 539. The molecule has 18 heavy (non-hydrogen) atoms. The molecule has 5 nitrogen and oxygen atoms in total. The summed E-state index contributed by atoms with van der Waals surface area (Å²) >= 11 is 5.65. The van der Waals surface area contributed by atoms with Gasteiger partial charge in [0.25, 0.3) is 0 Å². The van der Waals surface area contributed by atoms with E-state index >= 15 is 0 Å². The fraction of sp³-hybridized carbons (Fsp3) is 0.182. The number of hydrogen-bond donors (Lipinski definition) is 2. The summed E-state index contributed by atoms with van der Waals surface area (Å²) in [5.41, 5.74) is 0. The predicted octanol–water partition coefficient (Wildman–Crippen LogP) is 1.65. The van der Waals surface area contributed by atoms with Crippen molar-refractivity contribution >= 4 is 27.6 Å². The van der Waals surface area contributed by atoms with Gasteiger partial charge in [-0.05, 0) is 30.7 Å². The van der Waals surface area contributed by atoms with Crippen LogP contribution >= 0.6 is 11.6 Å². The van der Waals surface area contributed by atoms with E-state index in [9.17, 15) is 13.2 Å². The van der Waals surface area contributed by atoms with Gasteiger partial charge in [-0.3, -0.25) is 4.79 Å². The third-order valence-corrected chi connectivity index (χ3v) is 3.86. The highest BCUT2D eigenvalue weighted by Gasteiger charge is 2.24. The van der Waals surface area contributed by atoms with E-state index in [1.807, 2.05) is 0 Å². The molecule has 0 saturated carbocycles. The van der Waals surface area contributed by atoms with Crippen molar-refractivity contribution in [3.05, 3.63) is 41.9 Å². The van der Waals surface area contributed by atoms with E-state index in [0.717, 1.165) is 0 Å². The first-order chi connectivity index (χ1) is 8.36. The zero-order valence-electron chi connectivity index (χ0n) is 9.34. The van der Waals surface area contributed by atoms with Crippen molar-refractivity contribution in [2.45, 2.75) is 17.4 Å². The molecule has 1 rings (SSSR count). The lowest BCUT2D eigenvalue weighted by molar-refractivity contribution is -0.138. The van der Waals surface area contributed by atoms with E-state index in [4.69, 9.17) is 16.7 Å². The van der Waals surface area contributed by atoms with Crippen molar-refractivity contribution in [3.63, 3.8) is 0 Å². The van der Waals surface area contributed by atoms with Crippen LogP contribution in [0.1, 0.15) is 6.42 Å². The Hall–Kier alpha value is -1.37. The smallest absolute Gasteiger partial charge is 0.322 e. The number of carboxylic acids is 1. The van der Waals surface area contributed by atoms with Crippen LogP contribution in [0.5, 0.6) is 0 Å². The fourth-order valence-electron chi connectivity index (χ4n) is 1.24. The third kappa shape index (κ3) is 3.83. The number of hydrogen-bond acceptors (Lipinski definition) is 3. The molecular formula is C11H12ClNO4S. The van der Waals surface area contributed by atoms with Crippen molar-refractivity contribution in [2.75, 3.05) is 0 Å². The van der Waals surface area contributed by atoms with Gasteiger partial charge in [-0.1, -0.05) is 17.7 Å². The first-order valence-electron chi connectivity index (χ1n) is 4.98. The highest BCUT2D eigenvalue weighted by molar-refractivity contribution is 7.89. The maximum atomic E-state index is 11.9. The Balaban J connectivity index is 2.96. The van der Waals surface area contributed by atoms with E-state index in [-0.39, 0.29) is 11.3 Å². The summed E-state index contributed by atoms with van der Waals surface area (Å²) in [6, 6.07) is 4.21. The Morgan fingerprint density at radius 2 is 2.00 bits per heavy atom. The van der Waals surface area contributed by atoms with Crippen LogP contribution in [0.25, 0.3) is 0 Å². The molecule has 0 aliphatic rings. The molecular weight excluding hydrogens is 278 g/mol. The molecule has 0 aliphatic heterocycles. The van der Waals surface area contributed by atoms with Crippen molar-refractivity contribution < 1.29 is 18.3 Å². The zero-order chi connectivity index (χ0) is 13.8. The summed E-state index contributed by atoms with van der Waals surface area (Å²) < 4.78 is 25.9. The largest absolute Gasteiger partial charge is 0.480 e. The number of carboxylic acid groups (broad SMARTS) is 1. The summed E-state index contributed by atoms with van der Waals surface area (Å²) in [7, 11) is -3.88. The third-order valence-electron chi connectivity index (χ3n) is 2.12. The molecule has 2 N–H and O–H groups in total. The molecule has 98 valence electrons. The second kappa shape index (κ2) is 5.99. The van der Waals surface area contributed by atoms with Crippen molar-refractivity contribution in [1.29, 1.82) is 0 Å². The van der Waals surface area contributed by atoms with Crippen LogP contribution in [0.4, 0.5) is 0 Å². The molecule has 0 amide bonds. The van der Waals surface area contributed by atoms with Gasteiger partial charge in [0.1, 0.15) is 6.04 Å². The standard InChI is InChI=1S/C11H12ClNO4S/c1-2-3-10(11(14)15)13-18(16,17)9-6-4-8(12)5-7-9/h2,4-7,10,13H,1,3H2,(H,14,15). The first kappa shape index (κ1) is 14.7. The van der Waals surface area contributed by atoms with Gasteiger partial charge in [0.05, 0.1) is 4.90 Å². The lowest BCUT2D eigenvalue weighted by Crippen LogP contribution is -2.40. The number of carbonyl (C=O) groups is 1. The molecule has 0 heterocycles. The van der Waals surface area contributed by atoms with Crippen LogP contribution in [0, 0.1) is 0 Å². The van der Waals surface area contributed by atoms with Crippen LogP contribution in [0.15, 0.2) is 41.8 Å². The fourth-order valence-corrected chi connectivity index (χ4v) is 2.56. The summed E-state index contributed by atoms with van der Waals surface area (Å²) in [5, 5.41) is 9.26. The number of rotatable bonds is 6. The lowest BCUT2D eigenvalue weighted by atomic mass is 10.2. The normalized spacial score (nSPS) is 12.9. The average Bonchev–Trinajstić information content (AvgIpc) is 2.28. The van der Waals surface area contributed by atoms with E-state index in [0.29, 0.717) is 5.02 Å². The van der Waals surface area contributed by atoms with Gasteiger partial charge in [0, 0.05) is 5.02 Å². The van der Waals surface area contributed by atoms with Gasteiger partial charge in [-0.25, -0.2) is 8.42 Å². The van der Waals surface area contributed by atoms with Gasteiger partial charge in [0.15, 0.2) is 0 Å². The highest BCUT2D eigenvalue weighted by atomic mass is 35.5. The predicted molar refractivity (Wildman–Crippen MR) is 68.0 cm³/mol. The van der Waals surface area contributed by atoms with E-state index < -0.39 is 22.0 Å². The monoisotopic (exact) mass is 289 g/mol. The molecule has 1 aromatic carbocycles. The molecule has 0 radical (unpaired) electrons. The summed E-state index contributed by atoms with van der Waals surface area (Å²) in [6.45, 7) is 3.38. The number of halogens is 1. The second-order valence-corrected chi connectivity index (χ2v) is 5.64. The summed E-state index contributed by atoms with van der Waals surface area (Å²) in [6.07, 6.45) is 1.34. The maximum Gasteiger partial charge on any atom is 0.322 e. The van der Waals surface area contributed by atoms with Crippen LogP contribution in [-0.4, -0.2) is 25.5 Å². The van der Waals surface area contributed by atoms with Crippen LogP contribution in [-0.2, 0) is 14.8 Å². The highest BCUT2D eigenvalue weighted by Crippen LogP contribution is 2.14. The second-order valence-electron chi connectivity index (χ2n) is 3.49. The van der Waals surface area contributed by atoms with Crippen molar-refractivity contribution in [3.8, 4) is 0 Å². The van der Waals surface area contributed by atoms with Crippen molar-refractivity contribution in [2.24, 2.45) is 0 Å². The molecule has 0 bridgehead atoms. The number of benzene rings is 1. The van der Waals surface area contributed by atoms with E-state index in [1.54, 1.807) is 0 Å². The van der Waals surface area contributed by atoms with E-state index in [2.05, 4.69) is 11.3 Å². The van der Waals surface area contributed by atoms with Gasteiger partial charge in [-0.15, -0.1) is 6.58 Å². The molecule has 1 atom stereocenters. The topological polar surface area (TPSA) is 83.5 Å². The molecule has 0 aliphatic carbocycles. The van der Waals surface area contributed by atoms with Gasteiger partial charge >= 0.3 is 5.97 Å². The Labute approximate surface area is 110 Å². The average molecular weight is 290 g/mol. The summed E-state index contributed by atoms with van der Waals surface area (Å²) in [5.74, 6) is -1.26. The van der Waals surface area contributed by atoms with Crippen molar-refractivity contribution in [1.82, 2.24) is 4.72 Å². The molecule has 7 heteroatoms. The van der Waals surface area contributed by atoms with E-state index in [1.165, 1.54) is 30.3 Å². The Morgan fingerprint density at radius 3 is 2.44 bits per heavy atom. The van der Waals surface area contributed by atoms with Gasteiger partial charge in [0.2, 0.25) is 10.0 Å². The zero-order valence-corrected chi connectivity index (χ0v) is 10.9. The molecule has 0 saturated heterocycles. The molecule has 0 fully saturated rings. The molecule has 0 spiro atoms. The number of sulfonamides is 1. The minimum absolute atomic E-state index is 0.00214.